The van der Waals surface area contributed by atoms with E-state index in [4.69, 9.17) is 0 Å². The zero-order chi connectivity index (χ0) is 14.8. The summed E-state index contributed by atoms with van der Waals surface area (Å²) >= 11 is 3.70. The molecular formula is C19H18BrN. The Kier molecular flexibility index (Phi) is 4.09. The number of benzene rings is 3. The van der Waals surface area contributed by atoms with Crippen LogP contribution in [0, 0.1) is 6.92 Å². The molecule has 0 aromatic heterocycles. The molecule has 0 aliphatic rings. The van der Waals surface area contributed by atoms with Gasteiger partial charge in [-0.05, 0) is 53.6 Å². The molecule has 0 heterocycles. The summed E-state index contributed by atoms with van der Waals surface area (Å²) < 4.78 is 1.15. The van der Waals surface area contributed by atoms with E-state index in [1.54, 1.807) is 0 Å². The van der Waals surface area contributed by atoms with E-state index in [0.29, 0.717) is 0 Å². The molecule has 1 unspecified atom stereocenters. The van der Waals surface area contributed by atoms with Gasteiger partial charge in [0.05, 0.1) is 6.04 Å². The van der Waals surface area contributed by atoms with E-state index < -0.39 is 0 Å². The Morgan fingerprint density at radius 2 is 1.67 bits per heavy atom. The zero-order valence-electron chi connectivity index (χ0n) is 12.2. The third-order valence-electron chi connectivity index (χ3n) is 3.86. The van der Waals surface area contributed by atoms with Crippen LogP contribution in [0.15, 0.2) is 65.1 Å². The van der Waals surface area contributed by atoms with Gasteiger partial charge in [0.1, 0.15) is 0 Å². The van der Waals surface area contributed by atoms with Crippen molar-refractivity contribution in [1.29, 1.82) is 0 Å². The van der Waals surface area contributed by atoms with Crippen molar-refractivity contribution in [3.05, 3.63) is 81.8 Å². The van der Waals surface area contributed by atoms with Crippen LogP contribution in [-0.2, 0) is 0 Å². The first kappa shape index (κ1) is 14.3. The maximum atomic E-state index is 3.70. The average Bonchev–Trinajstić information content (AvgIpc) is 2.50. The summed E-state index contributed by atoms with van der Waals surface area (Å²) in [5.74, 6) is 0. The number of aryl methyl sites for hydroxylation is 1. The highest BCUT2D eigenvalue weighted by Gasteiger charge is 2.15. The van der Waals surface area contributed by atoms with E-state index in [2.05, 4.69) is 88.8 Å². The number of rotatable bonds is 3. The van der Waals surface area contributed by atoms with Gasteiger partial charge in [-0.2, -0.15) is 0 Å². The number of fused-ring (bicyclic) bond motifs is 1. The Morgan fingerprint density at radius 1 is 0.905 bits per heavy atom. The number of nitrogens with one attached hydrogen (secondary N) is 1. The Hall–Kier alpha value is -1.64. The molecule has 3 rings (SSSR count). The smallest absolute Gasteiger partial charge is 0.0585 e. The highest BCUT2D eigenvalue weighted by molar-refractivity contribution is 9.10. The first-order chi connectivity index (χ1) is 10.2. The molecule has 3 aromatic carbocycles. The molecule has 0 amide bonds. The maximum Gasteiger partial charge on any atom is 0.0585 e. The van der Waals surface area contributed by atoms with E-state index in [0.717, 1.165) is 4.47 Å². The fraction of sp³-hybridized carbons (Fsp3) is 0.158. The highest BCUT2D eigenvalue weighted by atomic mass is 79.9. The predicted octanol–water partition coefficient (Wildman–Crippen LogP) is 5.22. The monoisotopic (exact) mass is 339 g/mol. The van der Waals surface area contributed by atoms with E-state index in [1.165, 1.54) is 27.5 Å². The Labute approximate surface area is 134 Å². The van der Waals surface area contributed by atoms with Crippen molar-refractivity contribution in [3.63, 3.8) is 0 Å². The van der Waals surface area contributed by atoms with Gasteiger partial charge in [0.25, 0.3) is 0 Å². The van der Waals surface area contributed by atoms with Crippen molar-refractivity contribution in [2.24, 2.45) is 0 Å². The van der Waals surface area contributed by atoms with E-state index in [1.807, 2.05) is 7.05 Å². The van der Waals surface area contributed by atoms with Gasteiger partial charge in [0.2, 0.25) is 0 Å². The molecule has 0 saturated carbocycles. The molecular weight excluding hydrogens is 322 g/mol. The molecule has 0 radical (unpaired) electrons. The fourth-order valence-corrected chi connectivity index (χ4v) is 3.48. The normalized spacial score (nSPS) is 12.5. The van der Waals surface area contributed by atoms with E-state index in [-0.39, 0.29) is 6.04 Å². The first-order valence-corrected chi connectivity index (χ1v) is 7.90. The summed E-state index contributed by atoms with van der Waals surface area (Å²) in [5, 5.41) is 5.98. The van der Waals surface area contributed by atoms with Gasteiger partial charge >= 0.3 is 0 Å². The van der Waals surface area contributed by atoms with Crippen LogP contribution in [0.3, 0.4) is 0 Å². The lowest BCUT2D eigenvalue weighted by molar-refractivity contribution is 0.689. The van der Waals surface area contributed by atoms with Gasteiger partial charge in [0.15, 0.2) is 0 Å². The minimum Gasteiger partial charge on any atom is -0.309 e. The lowest BCUT2D eigenvalue weighted by Gasteiger charge is -2.19. The molecule has 0 bridgehead atoms. The van der Waals surface area contributed by atoms with Gasteiger partial charge in [-0.15, -0.1) is 0 Å². The summed E-state index contributed by atoms with van der Waals surface area (Å²) in [7, 11) is 2.01. The van der Waals surface area contributed by atoms with Crippen molar-refractivity contribution < 1.29 is 0 Å². The van der Waals surface area contributed by atoms with Crippen LogP contribution in [-0.4, -0.2) is 7.05 Å². The lowest BCUT2D eigenvalue weighted by Crippen LogP contribution is -2.18. The molecule has 0 fully saturated rings. The van der Waals surface area contributed by atoms with Gasteiger partial charge in [-0.3, -0.25) is 0 Å². The van der Waals surface area contributed by atoms with E-state index in [9.17, 15) is 0 Å². The number of halogens is 1. The zero-order valence-corrected chi connectivity index (χ0v) is 13.8. The van der Waals surface area contributed by atoms with Crippen LogP contribution in [0.4, 0.5) is 0 Å². The minimum absolute atomic E-state index is 0.185. The molecule has 0 aliphatic carbocycles. The van der Waals surface area contributed by atoms with E-state index >= 15 is 0 Å². The molecule has 106 valence electrons. The summed E-state index contributed by atoms with van der Waals surface area (Å²) in [6.07, 6.45) is 0. The lowest BCUT2D eigenvalue weighted by atomic mass is 9.96. The van der Waals surface area contributed by atoms with Crippen molar-refractivity contribution in [2.45, 2.75) is 13.0 Å². The molecule has 1 atom stereocenters. The third kappa shape index (κ3) is 2.87. The van der Waals surface area contributed by atoms with Crippen molar-refractivity contribution >= 4 is 26.7 Å². The molecule has 0 aliphatic heterocycles. The van der Waals surface area contributed by atoms with Gasteiger partial charge in [-0.1, -0.05) is 64.5 Å². The van der Waals surface area contributed by atoms with Crippen LogP contribution in [0.5, 0.6) is 0 Å². The van der Waals surface area contributed by atoms with Crippen molar-refractivity contribution in [1.82, 2.24) is 5.32 Å². The summed E-state index contributed by atoms with van der Waals surface area (Å²) in [5.41, 5.74) is 3.80. The molecule has 3 aromatic rings. The standard InChI is InChI=1S/C19H18BrN/c1-13-7-10-17(18(20)11-13)19(21-2)16-9-8-14-5-3-4-6-15(14)12-16/h3-12,19,21H,1-2H3. The summed E-state index contributed by atoms with van der Waals surface area (Å²) in [6, 6.07) is 21.8. The summed E-state index contributed by atoms with van der Waals surface area (Å²) in [6.45, 7) is 2.11. The fourth-order valence-electron chi connectivity index (χ4n) is 2.76. The average molecular weight is 340 g/mol. The SMILES string of the molecule is CNC(c1ccc2ccccc2c1)c1ccc(C)cc1Br. The molecule has 2 heteroatoms. The van der Waals surface area contributed by atoms with Crippen molar-refractivity contribution in [2.75, 3.05) is 7.05 Å². The quantitative estimate of drug-likeness (QED) is 0.689. The second-order valence-corrected chi connectivity index (χ2v) is 6.21. The third-order valence-corrected chi connectivity index (χ3v) is 4.55. The summed E-state index contributed by atoms with van der Waals surface area (Å²) in [4.78, 5) is 0. The van der Waals surface area contributed by atoms with Gasteiger partial charge < -0.3 is 5.32 Å². The second kappa shape index (κ2) is 6.00. The van der Waals surface area contributed by atoms with Crippen LogP contribution in [0.25, 0.3) is 10.8 Å². The van der Waals surface area contributed by atoms with Crippen LogP contribution in [0.1, 0.15) is 22.7 Å². The molecule has 21 heavy (non-hydrogen) atoms. The van der Waals surface area contributed by atoms with Crippen LogP contribution >= 0.6 is 15.9 Å². The topological polar surface area (TPSA) is 12.0 Å². The number of hydrogen-bond donors (Lipinski definition) is 1. The Morgan fingerprint density at radius 3 is 2.38 bits per heavy atom. The van der Waals surface area contributed by atoms with Gasteiger partial charge in [-0.25, -0.2) is 0 Å². The molecule has 0 saturated heterocycles. The highest BCUT2D eigenvalue weighted by Crippen LogP contribution is 2.30. The minimum atomic E-state index is 0.185. The van der Waals surface area contributed by atoms with Crippen LogP contribution < -0.4 is 5.32 Å². The molecule has 1 N–H and O–H groups in total. The molecule has 1 nitrogen and oxygen atoms in total. The van der Waals surface area contributed by atoms with Gasteiger partial charge in [0, 0.05) is 4.47 Å². The number of hydrogen-bond acceptors (Lipinski definition) is 1. The predicted molar refractivity (Wildman–Crippen MR) is 93.7 cm³/mol. The Bertz CT molecular complexity index is 779. The van der Waals surface area contributed by atoms with Crippen LogP contribution in [0.2, 0.25) is 0 Å². The second-order valence-electron chi connectivity index (χ2n) is 5.35. The first-order valence-electron chi connectivity index (χ1n) is 7.11. The largest absolute Gasteiger partial charge is 0.309 e. The maximum absolute atomic E-state index is 3.70. The molecule has 0 spiro atoms. The van der Waals surface area contributed by atoms with Crippen molar-refractivity contribution in [3.8, 4) is 0 Å². The Balaban J connectivity index is 2.09.